The molecule has 0 unspecified atom stereocenters. The molecule has 1 atom stereocenters. The summed E-state index contributed by atoms with van der Waals surface area (Å²) < 4.78 is 0. The molecule has 0 spiro atoms. The van der Waals surface area contributed by atoms with Crippen molar-refractivity contribution in [1.29, 1.82) is 0 Å². The SMILES string of the molecule is CN(C)c1ccc([C@H](CC2CC2)N2CCNCC2)c(Cl)c1.Cl.Cl. The number of piperazine rings is 1. The molecule has 1 aromatic carbocycles. The van der Waals surface area contributed by atoms with Gasteiger partial charge in [-0.1, -0.05) is 30.5 Å². The van der Waals surface area contributed by atoms with E-state index in [1.54, 1.807) is 0 Å². The predicted molar refractivity (Wildman–Crippen MR) is 105 cm³/mol. The van der Waals surface area contributed by atoms with Gasteiger partial charge in [0.1, 0.15) is 0 Å². The maximum absolute atomic E-state index is 6.62. The summed E-state index contributed by atoms with van der Waals surface area (Å²) >= 11 is 6.62. The molecule has 0 aromatic heterocycles. The summed E-state index contributed by atoms with van der Waals surface area (Å²) in [5.41, 5.74) is 2.49. The van der Waals surface area contributed by atoms with Gasteiger partial charge in [-0.2, -0.15) is 0 Å². The molecular weight excluding hydrogens is 353 g/mol. The quantitative estimate of drug-likeness (QED) is 0.833. The zero-order valence-corrected chi connectivity index (χ0v) is 16.3. The molecule has 6 heteroatoms. The van der Waals surface area contributed by atoms with Gasteiger partial charge in [0, 0.05) is 57.0 Å². The van der Waals surface area contributed by atoms with Crippen LogP contribution in [0.4, 0.5) is 5.69 Å². The Hall–Kier alpha value is -0.190. The first-order chi connectivity index (χ1) is 10.1. The Balaban J connectivity index is 0.00000132. The summed E-state index contributed by atoms with van der Waals surface area (Å²) in [6.45, 7) is 4.44. The van der Waals surface area contributed by atoms with E-state index >= 15 is 0 Å². The van der Waals surface area contributed by atoms with Crippen molar-refractivity contribution in [2.24, 2.45) is 5.92 Å². The van der Waals surface area contributed by atoms with Crippen LogP contribution in [-0.4, -0.2) is 45.2 Å². The van der Waals surface area contributed by atoms with E-state index in [-0.39, 0.29) is 24.8 Å². The van der Waals surface area contributed by atoms with E-state index in [4.69, 9.17) is 11.6 Å². The molecule has 1 aliphatic heterocycles. The first-order valence-electron chi connectivity index (χ1n) is 8.06. The summed E-state index contributed by atoms with van der Waals surface area (Å²) in [5.74, 6) is 0.912. The monoisotopic (exact) mass is 379 g/mol. The van der Waals surface area contributed by atoms with Gasteiger partial charge in [-0.25, -0.2) is 0 Å². The molecule has 3 nitrogen and oxygen atoms in total. The fourth-order valence-electron chi connectivity index (χ4n) is 3.20. The van der Waals surface area contributed by atoms with E-state index in [1.165, 1.54) is 30.5 Å². The molecule has 132 valence electrons. The Bertz CT molecular complexity index is 486. The lowest BCUT2D eigenvalue weighted by molar-refractivity contribution is 0.160. The minimum Gasteiger partial charge on any atom is -0.378 e. The van der Waals surface area contributed by atoms with Gasteiger partial charge in [-0.05, 0) is 30.0 Å². The molecular formula is C17H28Cl3N3. The van der Waals surface area contributed by atoms with E-state index in [1.807, 2.05) is 0 Å². The fourth-order valence-corrected chi connectivity index (χ4v) is 3.50. The second-order valence-corrected chi connectivity index (χ2v) is 6.99. The Morgan fingerprint density at radius 3 is 2.39 bits per heavy atom. The van der Waals surface area contributed by atoms with Gasteiger partial charge < -0.3 is 10.2 Å². The Labute approximate surface area is 157 Å². The number of hydrogen-bond acceptors (Lipinski definition) is 3. The summed E-state index contributed by atoms with van der Waals surface area (Å²) in [5, 5.41) is 4.37. The molecule has 1 N–H and O–H groups in total. The molecule has 1 saturated carbocycles. The smallest absolute Gasteiger partial charge is 0.0474 e. The van der Waals surface area contributed by atoms with Gasteiger partial charge in [-0.15, -0.1) is 24.8 Å². The van der Waals surface area contributed by atoms with Gasteiger partial charge in [0.05, 0.1) is 0 Å². The van der Waals surface area contributed by atoms with E-state index in [0.717, 1.165) is 37.1 Å². The van der Waals surface area contributed by atoms with Crippen LogP contribution in [0, 0.1) is 5.92 Å². The van der Waals surface area contributed by atoms with E-state index in [2.05, 4.69) is 47.4 Å². The zero-order valence-electron chi connectivity index (χ0n) is 13.9. The zero-order chi connectivity index (χ0) is 14.8. The minimum atomic E-state index is 0. The molecule has 2 aliphatic rings. The summed E-state index contributed by atoms with van der Waals surface area (Å²) in [4.78, 5) is 4.72. The van der Waals surface area contributed by atoms with Crippen LogP contribution in [0.15, 0.2) is 18.2 Å². The van der Waals surface area contributed by atoms with Crippen molar-refractivity contribution < 1.29 is 0 Å². The molecule has 1 heterocycles. The van der Waals surface area contributed by atoms with Crippen LogP contribution in [0.5, 0.6) is 0 Å². The van der Waals surface area contributed by atoms with Crippen LogP contribution in [0.2, 0.25) is 5.02 Å². The van der Waals surface area contributed by atoms with Crippen molar-refractivity contribution in [3.63, 3.8) is 0 Å². The van der Waals surface area contributed by atoms with Crippen LogP contribution >= 0.6 is 36.4 Å². The Morgan fingerprint density at radius 1 is 1.22 bits per heavy atom. The van der Waals surface area contributed by atoms with Crippen molar-refractivity contribution in [2.75, 3.05) is 45.2 Å². The summed E-state index contributed by atoms with van der Waals surface area (Å²) in [7, 11) is 4.12. The lowest BCUT2D eigenvalue weighted by Crippen LogP contribution is -2.45. The first-order valence-corrected chi connectivity index (χ1v) is 8.44. The lowest BCUT2D eigenvalue weighted by Gasteiger charge is -2.36. The van der Waals surface area contributed by atoms with Crippen LogP contribution < -0.4 is 10.2 Å². The largest absolute Gasteiger partial charge is 0.378 e. The van der Waals surface area contributed by atoms with Crippen molar-refractivity contribution in [3.05, 3.63) is 28.8 Å². The summed E-state index contributed by atoms with van der Waals surface area (Å²) in [6, 6.07) is 7.04. The molecule has 23 heavy (non-hydrogen) atoms. The average Bonchev–Trinajstić information content (AvgIpc) is 3.30. The van der Waals surface area contributed by atoms with E-state index in [9.17, 15) is 0 Å². The Kier molecular flexibility index (Phi) is 8.46. The third-order valence-electron chi connectivity index (χ3n) is 4.71. The predicted octanol–water partition coefficient (Wildman–Crippen LogP) is 4.00. The Morgan fingerprint density at radius 2 is 1.87 bits per heavy atom. The minimum absolute atomic E-state index is 0. The van der Waals surface area contributed by atoms with Crippen molar-refractivity contribution >= 4 is 42.1 Å². The van der Waals surface area contributed by atoms with Crippen molar-refractivity contribution in [3.8, 4) is 0 Å². The molecule has 1 aromatic rings. The molecule has 1 aliphatic carbocycles. The molecule has 3 rings (SSSR count). The highest BCUT2D eigenvalue weighted by Gasteiger charge is 2.31. The summed E-state index contributed by atoms with van der Waals surface area (Å²) in [6.07, 6.45) is 4.06. The molecule has 0 bridgehead atoms. The number of benzene rings is 1. The number of rotatable bonds is 5. The molecule has 0 amide bonds. The number of nitrogens with zero attached hydrogens (tertiary/aromatic N) is 2. The van der Waals surface area contributed by atoms with Crippen molar-refractivity contribution in [1.82, 2.24) is 10.2 Å². The third-order valence-corrected chi connectivity index (χ3v) is 5.03. The van der Waals surface area contributed by atoms with Crippen molar-refractivity contribution in [2.45, 2.75) is 25.3 Å². The normalized spacial score (nSPS) is 19.4. The van der Waals surface area contributed by atoms with Crippen LogP contribution in [0.25, 0.3) is 0 Å². The first kappa shape index (κ1) is 20.9. The van der Waals surface area contributed by atoms with E-state index in [0.29, 0.717) is 6.04 Å². The average molecular weight is 381 g/mol. The highest BCUT2D eigenvalue weighted by atomic mass is 35.5. The number of hydrogen-bond donors (Lipinski definition) is 1. The lowest BCUT2D eigenvalue weighted by atomic mass is 9.98. The number of halogens is 3. The maximum Gasteiger partial charge on any atom is 0.0474 e. The molecule has 2 fully saturated rings. The van der Waals surface area contributed by atoms with E-state index < -0.39 is 0 Å². The van der Waals surface area contributed by atoms with Gasteiger partial charge in [0.25, 0.3) is 0 Å². The number of anilines is 1. The molecule has 1 saturated heterocycles. The second kappa shape index (κ2) is 9.33. The highest BCUT2D eigenvalue weighted by molar-refractivity contribution is 6.31. The second-order valence-electron chi connectivity index (χ2n) is 6.58. The number of nitrogens with one attached hydrogen (secondary N) is 1. The van der Waals surface area contributed by atoms with Gasteiger partial charge in [0.15, 0.2) is 0 Å². The van der Waals surface area contributed by atoms with Crippen LogP contribution in [-0.2, 0) is 0 Å². The highest BCUT2D eigenvalue weighted by Crippen LogP contribution is 2.42. The standard InChI is InChI=1S/C17H26ClN3.2ClH/c1-20(2)14-5-6-15(16(18)12-14)17(11-13-3-4-13)21-9-7-19-8-10-21;;/h5-6,12-13,17,19H,3-4,7-11H2,1-2H3;2*1H/t17-;;/m0../s1. The maximum atomic E-state index is 6.62. The third kappa shape index (κ3) is 5.40. The van der Waals surface area contributed by atoms with Gasteiger partial charge in [0.2, 0.25) is 0 Å². The fraction of sp³-hybridized carbons (Fsp3) is 0.647. The van der Waals surface area contributed by atoms with Gasteiger partial charge in [-0.3, -0.25) is 4.90 Å². The van der Waals surface area contributed by atoms with Gasteiger partial charge >= 0.3 is 0 Å². The van der Waals surface area contributed by atoms with Crippen LogP contribution in [0.3, 0.4) is 0 Å². The molecule has 0 radical (unpaired) electrons. The van der Waals surface area contributed by atoms with Crippen LogP contribution in [0.1, 0.15) is 30.9 Å². The topological polar surface area (TPSA) is 18.5 Å².